The number of nitrogens with one attached hydrogen (secondary N) is 1. The summed E-state index contributed by atoms with van der Waals surface area (Å²) in [7, 11) is 0. The molecule has 1 N–H and O–H groups in total. The highest BCUT2D eigenvalue weighted by atomic mass is 35.5. The van der Waals surface area contributed by atoms with Gasteiger partial charge in [-0.15, -0.1) is 11.6 Å². The third-order valence-corrected chi connectivity index (χ3v) is 1.66. The Kier molecular flexibility index (Phi) is 1.83. The van der Waals surface area contributed by atoms with Crippen molar-refractivity contribution in [1.82, 2.24) is 5.48 Å². The molecule has 3 nitrogen and oxygen atoms in total. The van der Waals surface area contributed by atoms with Crippen molar-refractivity contribution in [2.75, 3.05) is 0 Å². The minimum Gasteiger partial charge on any atom is -0.386 e. The minimum absolute atomic E-state index is 0.195. The second-order valence-corrected chi connectivity index (χ2v) is 2.32. The number of rotatable bonds is 0. The van der Waals surface area contributed by atoms with Gasteiger partial charge in [-0.1, -0.05) is 11.6 Å². The fourth-order valence-electron chi connectivity index (χ4n) is 0.381. The van der Waals surface area contributed by atoms with E-state index in [4.69, 9.17) is 23.2 Å². The summed E-state index contributed by atoms with van der Waals surface area (Å²) in [6, 6.07) is 0. The topological polar surface area (TPSA) is 38.3 Å². The summed E-state index contributed by atoms with van der Waals surface area (Å²) in [6.07, 6.45) is 1.18. The van der Waals surface area contributed by atoms with Gasteiger partial charge in [0.15, 0.2) is 5.38 Å². The number of alkyl halides is 1. The van der Waals surface area contributed by atoms with Crippen molar-refractivity contribution >= 4 is 29.1 Å². The summed E-state index contributed by atoms with van der Waals surface area (Å²) >= 11 is 10.8. The van der Waals surface area contributed by atoms with Gasteiger partial charge < -0.3 is 4.84 Å². The first-order valence-electron chi connectivity index (χ1n) is 2.17. The van der Waals surface area contributed by atoms with E-state index in [-0.39, 0.29) is 5.03 Å². The standard InChI is InChI=1S/C4H3Cl2NO2/c5-2-1-9-7-4(8)3(2)6/h1,3H,(H,7,8). The number of hydrogen-bond donors (Lipinski definition) is 1. The summed E-state index contributed by atoms with van der Waals surface area (Å²) in [5.41, 5.74) is 2.03. The van der Waals surface area contributed by atoms with Gasteiger partial charge in [0.25, 0.3) is 5.91 Å². The average molecular weight is 168 g/mol. The molecule has 1 amide bonds. The molecule has 0 spiro atoms. The summed E-state index contributed by atoms with van der Waals surface area (Å²) in [5.74, 6) is -0.441. The summed E-state index contributed by atoms with van der Waals surface area (Å²) in [5, 5.41) is -0.610. The van der Waals surface area contributed by atoms with E-state index in [1.165, 1.54) is 6.26 Å². The molecule has 0 aliphatic carbocycles. The van der Waals surface area contributed by atoms with Crippen molar-refractivity contribution in [2.45, 2.75) is 5.38 Å². The molecule has 50 valence electrons. The molecule has 0 saturated heterocycles. The van der Waals surface area contributed by atoms with E-state index in [1.54, 1.807) is 0 Å². The van der Waals surface area contributed by atoms with Gasteiger partial charge in [-0.05, 0) is 0 Å². The van der Waals surface area contributed by atoms with Crippen LogP contribution in [0.1, 0.15) is 0 Å². The van der Waals surface area contributed by atoms with Crippen LogP contribution < -0.4 is 5.48 Å². The molecule has 0 saturated carbocycles. The Hall–Kier alpha value is -0.410. The van der Waals surface area contributed by atoms with Gasteiger partial charge in [0, 0.05) is 0 Å². The van der Waals surface area contributed by atoms with E-state index in [9.17, 15) is 4.79 Å². The number of hydroxylamine groups is 1. The molecule has 0 bridgehead atoms. The predicted octanol–water partition coefficient (Wildman–Crippen LogP) is 0.735. The Morgan fingerprint density at radius 3 is 2.89 bits per heavy atom. The van der Waals surface area contributed by atoms with Gasteiger partial charge in [-0.3, -0.25) is 4.79 Å². The SMILES string of the molecule is O=C1NOC=C(Cl)C1Cl. The maximum Gasteiger partial charge on any atom is 0.276 e. The molecule has 1 unspecified atom stereocenters. The molecular formula is C4H3Cl2NO2. The number of carbonyl (C=O) groups is 1. The molecule has 0 aromatic carbocycles. The fraction of sp³-hybridized carbons (Fsp3) is 0.250. The quantitative estimate of drug-likeness (QED) is 0.541. The Labute approximate surface area is 61.5 Å². The number of carbonyl (C=O) groups excluding carboxylic acids is 1. The molecule has 1 aliphatic heterocycles. The Morgan fingerprint density at radius 1 is 1.78 bits per heavy atom. The second kappa shape index (κ2) is 2.45. The van der Waals surface area contributed by atoms with E-state index < -0.39 is 11.3 Å². The summed E-state index contributed by atoms with van der Waals surface area (Å²) in [4.78, 5) is 14.9. The molecule has 1 atom stereocenters. The molecule has 1 heterocycles. The highest BCUT2D eigenvalue weighted by molar-refractivity contribution is 6.43. The third kappa shape index (κ3) is 1.28. The van der Waals surface area contributed by atoms with E-state index >= 15 is 0 Å². The number of amides is 1. The lowest BCUT2D eigenvalue weighted by Crippen LogP contribution is -2.34. The monoisotopic (exact) mass is 167 g/mol. The van der Waals surface area contributed by atoms with Crippen LogP contribution in [0, 0.1) is 0 Å². The molecule has 9 heavy (non-hydrogen) atoms. The van der Waals surface area contributed by atoms with Crippen molar-refractivity contribution in [3.63, 3.8) is 0 Å². The first kappa shape index (κ1) is 6.71. The zero-order valence-electron chi connectivity index (χ0n) is 4.23. The van der Waals surface area contributed by atoms with Crippen LogP contribution in [0.3, 0.4) is 0 Å². The minimum atomic E-state index is -0.805. The highest BCUT2D eigenvalue weighted by Gasteiger charge is 2.22. The van der Waals surface area contributed by atoms with Gasteiger partial charge >= 0.3 is 0 Å². The normalized spacial score (nSPS) is 26.2. The lowest BCUT2D eigenvalue weighted by atomic mass is 10.4. The molecule has 0 aromatic heterocycles. The first-order chi connectivity index (χ1) is 4.22. The van der Waals surface area contributed by atoms with Crippen LogP contribution in [-0.4, -0.2) is 11.3 Å². The van der Waals surface area contributed by atoms with E-state index in [2.05, 4.69) is 4.84 Å². The highest BCUT2D eigenvalue weighted by Crippen LogP contribution is 2.16. The van der Waals surface area contributed by atoms with Crippen LogP contribution >= 0.6 is 23.2 Å². The third-order valence-electron chi connectivity index (χ3n) is 0.803. The number of halogens is 2. The maximum atomic E-state index is 10.5. The Bertz CT molecular complexity index is 168. The predicted molar refractivity (Wildman–Crippen MR) is 32.8 cm³/mol. The molecule has 5 heteroatoms. The van der Waals surface area contributed by atoms with Gasteiger partial charge in [-0.2, -0.15) is 5.48 Å². The maximum absolute atomic E-state index is 10.5. The van der Waals surface area contributed by atoms with Gasteiger partial charge in [0.2, 0.25) is 0 Å². The smallest absolute Gasteiger partial charge is 0.276 e. The van der Waals surface area contributed by atoms with Crippen LogP contribution in [0.2, 0.25) is 0 Å². The van der Waals surface area contributed by atoms with Crippen LogP contribution in [0.15, 0.2) is 11.3 Å². The lowest BCUT2D eigenvalue weighted by Gasteiger charge is -2.13. The van der Waals surface area contributed by atoms with Gasteiger partial charge in [0.05, 0.1) is 5.03 Å². The van der Waals surface area contributed by atoms with Crippen LogP contribution in [0.5, 0.6) is 0 Å². The zero-order valence-corrected chi connectivity index (χ0v) is 5.74. The largest absolute Gasteiger partial charge is 0.386 e. The van der Waals surface area contributed by atoms with Crippen LogP contribution in [-0.2, 0) is 9.63 Å². The van der Waals surface area contributed by atoms with Crippen molar-refractivity contribution in [3.05, 3.63) is 11.3 Å². The van der Waals surface area contributed by atoms with Crippen molar-refractivity contribution in [3.8, 4) is 0 Å². The zero-order chi connectivity index (χ0) is 6.85. The summed E-state index contributed by atoms with van der Waals surface area (Å²) < 4.78 is 0. The van der Waals surface area contributed by atoms with E-state index in [0.29, 0.717) is 0 Å². The molecule has 1 rings (SSSR count). The van der Waals surface area contributed by atoms with Crippen molar-refractivity contribution < 1.29 is 9.63 Å². The molecule has 0 radical (unpaired) electrons. The fourth-order valence-corrected chi connectivity index (χ4v) is 0.620. The molecular weight excluding hydrogens is 165 g/mol. The van der Waals surface area contributed by atoms with Crippen molar-refractivity contribution in [1.29, 1.82) is 0 Å². The van der Waals surface area contributed by atoms with Gasteiger partial charge in [0.1, 0.15) is 6.26 Å². The number of hydrogen-bond acceptors (Lipinski definition) is 2. The second-order valence-electron chi connectivity index (χ2n) is 1.45. The molecule has 0 fully saturated rings. The molecule has 0 aromatic rings. The van der Waals surface area contributed by atoms with Gasteiger partial charge in [-0.25, -0.2) is 0 Å². The Balaban J connectivity index is 2.74. The summed E-state index contributed by atoms with van der Waals surface area (Å²) in [6.45, 7) is 0. The van der Waals surface area contributed by atoms with Crippen molar-refractivity contribution in [2.24, 2.45) is 0 Å². The average Bonchev–Trinajstić information content (AvgIpc) is 1.83. The first-order valence-corrected chi connectivity index (χ1v) is 2.98. The van der Waals surface area contributed by atoms with Crippen LogP contribution in [0.25, 0.3) is 0 Å². The van der Waals surface area contributed by atoms with Crippen LogP contribution in [0.4, 0.5) is 0 Å². The van der Waals surface area contributed by atoms with E-state index in [1.807, 2.05) is 5.48 Å². The Morgan fingerprint density at radius 2 is 2.44 bits per heavy atom. The lowest BCUT2D eigenvalue weighted by molar-refractivity contribution is -0.129. The van der Waals surface area contributed by atoms with E-state index in [0.717, 1.165) is 0 Å². The molecule has 1 aliphatic rings.